The summed E-state index contributed by atoms with van der Waals surface area (Å²) in [7, 11) is 0. The minimum Gasteiger partial charge on any atom is -0.291 e. The topological polar surface area (TPSA) is 55.7 Å². The van der Waals surface area contributed by atoms with Crippen molar-refractivity contribution in [3.8, 4) is 11.3 Å². The third-order valence-electron chi connectivity index (χ3n) is 2.02. The van der Waals surface area contributed by atoms with Gasteiger partial charge in [-0.25, -0.2) is 9.37 Å². The summed E-state index contributed by atoms with van der Waals surface area (Å²) >= 11 is 0. The first-order valence-corrected chi connectivity index (χ1v) is 4.64. The molecule has 80 valence electrons. The van der Waals surface area contributed by atoms with Crippen LogP contribution in [0.1, 0.15) is 17.5 Å². The molecule has 0 atom stereocenters. The van der Waals surface area contributed by atoms with Crippen molar-refractivity contribution >= 4 is 5.78 Å². The molecule has 0 saturated heterocycles. The van der Waals surface area contributed by atoms with Crippen LogP contribution in [0.15, 0.2) is 30.5 Å². The highest BCUT2D eigenvalue weighted by Gasteiger charge is 2.09. The van der Waals surface area contributed by atoms with E-state index in [0.717, 1.165) is 0 Å². The van der Waals surface area contributed by atoms with Crippen LogP contribution in [0.5, 0.6) is 0 Å². The molecule has 1 heterocycles. The average Bonchev–Trinajstić information content (AvgIpc) is 2.30. The van der Waals surface area contributed by atoms with E-state index in [2.05, 4.69) is 15.2 Å². The SMILES string of the molecule is CC(=O)c1nncc(-c2ccccc2F)n1. The number of nitrogens with zero attached hydrogens (tertiary/aromatic N) is 3. The van der Waals surface area contributed by atoms with Crippen LogP contribution >= 0.6 is 0 Å². The van der Waals surface area contributed by atoms with Crippen LogP contribution < -0.4 is 0 Å². The lowest BCUT2D eigenvalue weighted by molar-refractivity contribution is 0.100. The molecule has 5 heteroatoms. The highest BCUT2D eigenvalue weighted by molar-refractivity contribution is 5.90. The van der Waals surface area contributed by atoms with E-state index in [4.69, 9.17) is 0 Å². The largest absolute Gasteiger partial charge is 0.291 e. The van der Waals surface area contributed by atoms with Crippen LogP contribution in [0.3, 0.4) is 0 Å². The summed E-state index contributed by atoms with van der Waals surface area (Å²) in [6.07, 6.45) is 1.32. The van der Waals surface area contributed by atoms with Gasteiger partial charge in [0.05, 0.1) is 11.9 Å². The van der Waals surface area contributed by atoms with Crippen LogP contribution in [-0.2, 0) is 0 Å². The van der Waals surface area contributed by atoms with Crippen molar-refractivity contribution in [3.05, 3.63) is 42.1 Å². The predicted molar refractivity (Wildman–Crippen MR) is 55.2 cm³/mol. The molecule has 16 heavy (non-hydrogen) atoms. The third-order valence-corrected chi connectivity index (χ3v) is 2.02. The fourth-order valence-electron chi connectivity index (χ4n) is 1.25. The van der Waals surface area contributed by atoms with E-state index < -0.39 is 5.82 Å². The number of ketones is 1. The minimum atomic E-state index is -0.405. The maximum atomic E-state index is 13.4. The number of hydrogen-bond acceptors (Lipinski definition) is 4. The van der Waals surface area contributed by atoms with Gasteiger partial charge in [0.1, 0.15) is 5.82 Å². The number of halogens is 1. The summed E-state index contributed by atoms with van der Waals surface area (Å²) < 4.78 is 13.4. The summed E-state index contributed by atoms with van der Waals surface area (Å²) in [4.78, 5) is 15.0. The Hall–Kier alpha value is -2.17. The second kappa shape index (κ2) is 4.14. The Kier molecular flexibility index (Phi) is 2.68. The Bertz CT molecular complexity index is 542. The molecule has 0 aliphatic heterocycles. The van der Waals surface area contributed by atoms with E-state index >= 15 is 0 Å². The van der Waals surface area contributed by atoms with E-state index in [1.54, 1.807) is 18.2 Å². The summed E-state index contributed by atoms with van der Waals surface area (Å²) in [5, 5.41) is 7.18. The molecule has 0 radical (unpaired) electrons. The second-order valence-electron chi connectivity index (χ2n) is 3.20. The molecular weight excluding hydrogens is 209 g/mol. The Labute approximate surface area is 91.2 Å². The van der Waals surface area contributed by atoms with Crippen LogP contribution in [0.4, 0.5) is 4.39 Å². The molecule has 0 N–H and O–H groups in total. The number of hydrogen-bond donors (Lipinski definition) is 0. The molecule has 0 spiro atoms. The van der Waals surface area contributed by atoms with Gasteiger partial charge in [0, 0.05) is 12.5 Å². The fraction of sp³-hybridized carbons (Fsp3) is 0.0909. The van der Waals surface area contributed by atoms with Gasteiger partial charge < -0.3 is 0 Å². The van der Waals surface area contributed by atoms with Gasteiger partial charge in [-0.1, -0.05) is 12.1 Å². The van der Waals surface area contributed by atoms with Gasteiger partial charge in [0.15, 0.2) is 5.78 Å². The van der Waals surface area contributed by atoms with Gasteiger partial charge in [-0.05, 0) is 12.1 Å². The molecule has 0 fully saturated rings. The second-order valence-corrected chi connectivity index (χ2v) is 3.20. The lowest BCUT2D eigenvalue weighted by Crippen LogP contribution is -2.04. The Morgan fingerprint density at radius 1 is 1.31 bits per heavy atom. The highest BCUT2D eigenvalue weighted by Crippen LogP contribution is 2.19. The molecule has 1 aromatic heterocycles. The number of rotatable bonds is 2. The monoisotopic (exact) mass is 217 g/mol. The first-order chi connectivity index (χ1) is 7.68. The minimum absolute atomic E-state index is 0.0132. The maximum absolute atomic E-state index is 13.4. The molecule has 0 bridgehead atoms. The van der Waals surface area contributed by atoms with Gasteiger partial charge in [-0.2, -0.15) is 5.10 Å². The Balaban J connectivity index is 2.53. The van der Waals surface area contributed by atoms with Gasteiger partial charge in [0.2, 0.25) is 5.82 Å². The molecule has 0 aliphatic rings. The Morgan fingerprint density at radius 2 is 2.06 bits per heavy atom. The summed E-state index contributed by atoms with van der Waals surface area (Å²) in [6, 6.07) is 6.17. The zero-order valence-electron chi connectivity index (χ0n) is 8.51. The lowest BCUT2D eigenvalue weighted by Gasteiger charge is -2.01. The summed E-state index contributed by atoms with van der Waals surface area (Å²) in [6.45, 7) is 1.34. The maximum Gasteiger partial charge on any atom is 0.218 e. The van der Waals surface area contributed by atoms with Crippen LogP contribution in [-0.4, -0.2) is 21.0 Å². The van der Waals surface area contributed by atoms with Gasteiger partial charge in [-0.15, -0.1) is 5.10 Å². The van der Waals surface area contributed by atoms with E-state index in [1.807, 2.05) is 0 Å². The van der Waals surface area contributed by atoms with E-state index in [0.29, 0.717) is 11.3 Å². The first kappa shape index (κ1) is 10.4. The van der Waals surface area contributed by atoms with Gasteiger partial charge in [-0.3, -0.25) is 4.79 Å². The van der Waals surface area contributed by atoms with Crippen molar-refractivity contribution in [3.63, 3.8) is 0 Å². The van der Waals surface area contributed by atoms with E-state index in [9.17, 15) is 9.18 Å². The van der Waals surface area contributed by atoms with Crippen molar-refractivity contribution in [2.75, 3.05) is 0 Å². The third kappa shape index (κ3) is 1.93. The molecular formula is C11H8FN3O. The average molecular weight is 217 g/mol. The lowest BCUT2D eigenvalue weighted by atomic mass is 10.1. The van der Waals surface area contributed by atoms with E-state index in [1.165, 1.54) is 19.2 Å². The first-order valence-electron chi connectivity index (χ1n) is 4.64. The quantitative estimate of drug-likeness (QED) is 0.720. The van der Waals surface area contributed by atoms with Crippen molar-refractivity contribution in [2.24, 2.45) is 0 Å². The summed E-state index contributed by atoms with van der Waals surface area (Å²) in [5.74, 6) is -0.719. The predicted octanol–water partition coefficient (Wildman–Crippen LogP) is 1.88. The smallest absolute Gasteiger partial charge is 0.218 e. The van der Waals surface area contributed by atoms with Crippen LogP contribution in [0, 0.1) is 5.82 Å². The molecule has 2 aromatic rings. The van der Waals surface area contributed by atoms with Crippen molar-refractivity contribution < 1.29 is 9.18 Å². The summed E-state index contributed by atoms with van der Waals surface area (Å²) in [5.41, 5.74) is 0.609. The molecule has 2 rings (SSSR count). The van der Waals surface area contributed by atoms with Crippen molar-refractivity contribution in [1.82, 2.24) is 15.2 Å². The van der Waals surface area contributed by atoms with Gasteiger partial charge in [0.25, 0.3) is 0 Å². The molecule has 0 amide bonds. The zero-order chi connectivity index (χ0) is 11.5. The normalized spacial score (nSPS) is 10.1. The molecule has 0 aliphatic carbocycles. The van der Waals surface area contributed by atoms with Crippen LogP contribution in [0.2, 0.25) is 0 Å². The highest BCUT2D eigenvalue weighted by atomic mass is 19.1. The fourth-order valence-corrected chi connectivity index (χ4v) is 1.25. The van der Waals surface area contributed by atoms with Gasteiger partial charge >= 0.3 is 0 Å². The zero-order valence-corrected chi connectivity index (χ0v) is 8.51. The Morgan fingerprint density at radius 3 is 2.75 bits per heavy atom. The van der Waals surface area contributed by atoms with Crippen molar-refractivity contribution in [1.29, 1.82) is 0 Å². The van der Waals surface area contributed by atoms with Crippen LogP contribution in [0.25, 0.3) is 11.3 Å². The number of Topliss-reactive ketones (excluding diaryl/α,β-unsaturated/α-hetero) is 1. The molecule has 4 nitrogen and oxygen atoms in total. The number of carbonyl (C=O) groups is 1. The van der Waals surface area contributed by atoms with E-state index in [-0.39, 0.29) is 11.6 Å². The standard InChI is InChI=1S/C11H8FN3O/c1-7(16)11-14-10(6-13-15-11)8-4-2-3-5-9(8)12/h2-6H,1H3. The number of carbonyl (C=O) groups excluding carboxylic acids is 1. The molecule has 0 unspecified atom stereocenters. The van der Waals surface area contributed by atoms with Crippen molar-refractivity contribution in [2.45, 2.75) is 6.92 Å². The molecule has 0 saturated carbocycles. The number of benzene rings is 1. The molecule has 1 aromatic carbocycles. The number of aromatic nitrogens is 3.